The topological polar surface area (TPSA) is 24.9 Å². The molecule has 0 radical (unpaired) electrons. The minimum Gasteiger partial charge on any atom is -0.309 e. The van der Waals surface area contributed by atoms with Gasteiger partial charge in [0.05, 0.1) is 6.04 Å². The first kappa shape index (κ1) is 13.6. The maximum atomic E-state index is 13.3. The quantitative estimate of drug-likeness (QED) is 0.918. The van der Waals surface area contributed by atoms with E-state index >= 15 is 0 Å². The zero-order valence-corrected chi connectivity index (χ0v) is 11.2. The number of nitrogens with zero attached hydrogens (tertiary/aromatic N) is 1. The Labute approximate surface area is 111 Å². The van der Waals surface area contributed by atoms with E-state index in [4.69, 9.17) is 0 Å². The molecule has 0 aliphatic carbocycles. The zero-order valence-electron chi connectivity index (χ0n) is 11.2. The first-order valence-electron chi connectivity index (χ1n) is 6.08. The fourth-order valence-corrected chi connectivity index (χ4v) is 2.25. The molecule has 0 amide bonds. The van der Waals surface area contributed by atoms with Crippen LogP contribution in [0.2, 0.25) is 0 Å². The van der Waals surface area contributed by atoms with Crippen LogP contribution >= 0.6 is 0 Å². The Morgan fingerprint density at radius 1 is 0.947 bits per heavy atom. The van der Waals surface area contributed by atoms with Crippen molar-refractivity contribution in [3.63, 3.8) is 0 Å². The van der Waals surface area contributed by atoms with Crippen molar-refractivity contribution in [3.05, 3.63) is 64.5 Å². The van der Waals surface area contributed by atoms with Crippen LogP contribution in [0.15, 0.2) is 30.3 Å². The summed E-state index contributed by atoms with van der Waals surface area (Å²) in [6.45, 7) is 3.82. The molecule has 2 rings (SSSR count). The zero-order chi connectivity index (χ0) is 14.0. The number of rotatable bonds is 3. The van der Waals surface area contributed by atoms with E-state index < -0.39 is 11.6 Å². The van der Waals surface area contributed by atoms with Crippen LogP contribution in [0.5, 0.6) is 0 Å². The van der Waals surface area contributed by atoms with Crippen molar-refractivity contribution in [2.45, 2.75) is 19.9 Å². The Balaban J connectivity index is 2.46. The van der Waals surface area contributed by atoms with E-state index in [-0.39, 0.29) is 6.04 Å². The number of halogens is 2. The first-order chi connectivity index (χ1) is 9.01. The summed E-state index contributed by atoms with van der Waals surface area (Å²) in [6.07, 6.45) is 0. The van der Waals surface area contributed by atoms with Gasteiger partial charge < -0.3 is 5.32 Å². The fourth-order valence-electron chi connectivity index (χ4n) is 2.25. The van der Waals surface area contributed by atoms with Crippen LogP contribution in [-0.4, -0.2) is 12.0 Å². The molecular weight excluding hydrogens is 246 g/mol. The third-order valence-corrected chi connectivity index (χ3v) is 3.00. The highest BCUT2D eigenvalue weighted by Gasteiger charge is 2.15. The van der Waals surface area contributed by atoms with Gasteiger partial charge in [-0.15, -0.1) is 0 Å². The van der Waals surface area contributed by atoms with E-state index in [0.717, 1.165) is 23.0 Å². The van der Waals surface area contributed by atoms with Gasteiger partial charge >= 0.3 is 0 Å². The van der Waals surface area contributed by atoms with Crippen molar-refractivity contribution in [3.8, 4) is 0 Å². The Hall–Kier alpha value is -1.81. The molecule has 0 aliphatic heterocycles. The molecule has 0 bridgehead atoms. The van der Waals surface area contributed by atoms with Crippen molar-refractivity contribution >= 4 is 0 Å². The summed E-state index contributed by atoms with van der Waals surface area (Å²) in [6, 6.07) is 7.66. The van der Waals surface area contributed by atoms with Crippen LogP contribution in [0.25, 0.3) is 0 Å². The van der Waals surface area contributed by atoms with E-state index in [1.807, 2.05) is 26.0 Å². The van der Waals surface area contributed by atoms with Crippen molar-refractivity contribution in [1.29, 1.82) is 0 Å². The Bertz CT molecular complexity index is 576. The minimum atomic E-state index is -0.833. The second-order valence-corrected chi connectivity index (χ2v) is 4.58. The molecular formula is C15H16F2N2. The lowest BCUT2D eigenvalue weighted by Gasteiger charge is -2.18. The molecule has 1 atom stereocenters. The molecule has 1 aromatic carbocycles. The molecule has 2 nitrogen and oxygen atoms in total. The maximum absolute atomic E-state index is 13.3. The number of aryl methyl sites for hydroxylation is 2. The summed E-state index contributed by atoms with van der Waals surface area (Å²) < 4.78 is 26.3. The number of nitrogens with one attached hydrogen (secondary N) is 1. The Morgan fingerprint density at radius 2 is 1.58 bits per heavy atom. The highest BCUT2D eigenvalue weighted by atomic mass is 19.2. The van der Waals surface area contributed by atoms with Gasteiger partial charge in [0, 0.05) is 11.4 Å². The standard InChI is InChI=1S/C15H16F2N2/c1-9-6-12(7-10(2)19-9)15(18-3)11-4-5-13(16)14(17)8-11/h4-8,15,18H,1-3H3. The van der Waals surface area contributed by atoms with Crippen LogP contribution in [0.3, 0.4) is 0 Å². The average molecular weight is 262 g/mol. The van der Waals surface area contributed by atoms with E-state index in [9.17, 15) is 8.78 Å². The monoisotopic (exact) mass is 262 g/mol. The molecule has 0 fully saturated rings. The van der Waals surface area contributed by atoms with E-state index in [0.29, 0.717) is 5.56 Å². The molecule has 1 unspecified atom stereocenters. The molecule has 0 saturated carbocycles. The maximum Gasteiger partial charge on any atom is 0.159 e. The third-order valence-electron chi connectivity index (χ3n) is 3.00. The highest BCUT2D eigenvalue weighted by Crippen LogP contribution is 2.24. The summed E-state index contributed by atoms with van der Waals surface area (Å²) in [4.78, 5) is 4.31. The molecule has 2 aromatic rings. The van der Waals surface area contributed by atoms with Gasteiger partial charge in [-0.25, -0.2) is 8.78 Å². The van der Waals surface area contributed by atoms with Crippen molar-refractivity contribution in [2.75, 3.05) is 7.05 Å². The van der Waals surface area contributed by atoms with E-state index in [2.05, 4.69) is 10.3 Å². The van der Waals surface area contributed by atoms with Crippen LogP contribution in [-0.2, 0) is 0 Å². The summed E-state index contributed by atoms with van der Waals surface area (Å²) in [5.74, 6) is -1.67. The summed E-state index contributed by atoms with van der Waals surface area (Å²) in [5, 5.41) is 3.12. The van der Waals surface area contributed by atoms with Crippen LogP contribution < -0.4 is 5.32 Å². The van der Waals surface area contributed by atoms with Crippen LogP contribution in [0.4, 0.5) is 8.78 Å². The van der Waals surface area contributed by atoms with Gasteiger partial charge in [-0.1, -0.05) is 6.07 Å². The van der Waals surface area contributed by atoms with E-state index in [1.165, 1.54) is 6.07 Å². The predicted molar refractivity (Wildman–Crippen MR) is 71.0 cm³/mol. The van der Waals surface area contributed by atoms with Gasteiger partial charge in [0.15, 0.2) is 11.6 Å². The fraction of sp³-hybridized carbons (Fsp3) is 0.267. The lowest BCUT2D eigenvalue weighted by molar-refractivity contribution is 0.505. The largest absolute Gasteiger partial charge is 0.309 e. The normalized spacial score (nSPS) is 12.5. The van der Waals surface area contributed by atoms with Gasteiger partial charge in [-0.3, -0.25) is 4.98 Å². The van der Waals surface area contributed by atoms with Gasteiger partial charge in [0.1, 0.15) is 0 Å². The lowest BCUT2D eigenvalue weighted by Crippen LogP contribution is -2.18. The average Bonchev–Trinajstić information content (AvgIpc) is 2.33. The molecule has 0 saturated heterocycles. The molecule has 100 valence electrons. The predicted octanol–water partition coefficient (Wildman–Crippen LogP) is 3.29. The molecule has 1 aromatic heterocycles. The minimum absolute atomic E-state index is 0.185. The summed E-state index contributed by atoms with van der Waals surface area (Å²) in [5.41, 5.74) is 3.47. The van der Waals surface area contributed by atoms with Gasteiger partial charge in [0.2, 0.25) is 0 Å². The number of benzene rings is 1. The highest BCUT2D eigenvalue weighted by molar-refractivity contribution is 5.34. The Kier molecular flexibility index (Phi) is 3.90. The second kappa shape index (κ2) is 5.45. The van der Waals surface area contributed by atoms with Crippen molar-refractivity contribution in [1.82, 2.24) is 10.3 Å². The number of hydrogen-bond donors (Lipinski definition) is 1. The third kappa shape index (κ3) is 2.96. The van der Waals surface area contributed by atoms with Crippen LogP contribution in [0.1, 0.15) is 28.6 Å². The molecule has 1 N–H and O–H groups in total. The van der Waals surface area contributed by atoms with Gasteiger partial charge in [-0.05, 0) is 56.3 Å². The van der Waals surface area contributed by atoms with Gasteiger partial charge in [-0.2, -0.15) is 0 Å². The van der Waals surface area contributed by atoms with E-state index in [1.54, 1.807) is 13.1 Å². The molecule has 19 heavy (non-hydrogen) atoms. The van der Waals surface area contributed by atoms with Crippen molar-refractivity contribution in [2.24, 2.45) is 0 Å². The molecule has 0 aliphatic rings. The lowest BCUT2D eigenvalue weighted by atomic mass is 9.98. The summed E-state index contributed by atoms with van der Waals surface area (Å²) >= 11 is 0. The van der Waals surface area contributed by atoms with Crippen molar-refractivity contribution < 1.29 is 8.78 Å². The second-order valence-electron chi connectivity index (χ2n) is 4.58. The van der Waals surface area contributed by atoms with Crippen LogP contribution in [0, 0.1) is 25.5 Å². The number of pyridine rings is 1. The SMILES string of the molecule is CNC(c1cc(C)nc(C)c1)c1ccc(F)c(F)c1. The molecule has 4 heteroatoms. The Morgan fingerprint density at radius 3 is 2.11 bits per heavy atom. The molecule has 1 heterocycles. The summed E-state index contributed by atoms with van der Waals surface area (Å²) in [7, 11) is 1.79. The number of hydrogen-bond acceptors (Lipinski definition) is 2. The first-order valence-corrected chi connectivity index (χ1v) is 6.08. The smallest absolute Gasteiger partial charge is 0.159 e. The number of aromatic nitrogens is 1. The van der Waals surface area contributed by atoms with Gasteiger partial charge in [0.25, 0.3) is 0 Å². The molecule has 0 spiro atoms.